The fourth-order valence-corrected chi connectivity index (χ4v) is 0.598. The molecule has 15 heavy (non-hydrogen) atoms. The van der Waals surface area contributed by atoms with Crippen molar-refractivity contribution in [1.29, 1.82) is 0 Å². The maximum atomic E-state index is 11.8. The maximum absolute atomic E-state index is 11.8. The number of hydrogen-bond acceptors (Lipinski definition) is 2. The van der Waals surface area contributed by atoms with E-state index in [1.54, 1.807) is 0 Å². The van der Waals surface area contributed by atoms with Crippen molar-refractivity contribution in [3.8, 4) is 0 Å². The van der Waals surface area contributed by atoms with Crippen LogP contribution < -0.4 is 0 Å². The molecule has 0 saturated heterocycles. The number of carboxylic acid groups (broad SMARTS) is 1. The van der Waals surface area contributed by atoms with Crippen molar-refractivity contribution in [1.82, 2.24) is 0 Å². The summed E-state index contributed by atoms with van der Waals surface area (Å²) in [5.41, 5.74) is 0. The Balaban J connectivity index is 4.17. The molecule has 0 amide bonds. The molecule has 0 radical (unpaired) electrons. The Labute approximate surface area is 79.6 Å². The van der Waals surface area contributed by atoms with Crippen molar-refractivity contribution in [3.05, 3.63) is 0 Å². The molecule has 0 spiro atoms. The predicted molar refractivity (Wildman–Crippen MR) is 34.1 cm³/mol. The smallest absolute Gasteiger partial charge is 0.411 e. The van der Waals surface area contributed by atoms with Crippen LogP contribution in [-0.4, -0.2) is 36.6 Å². The molecular weight excluding hydrogens is 234 g/mol. The lowest BCUT2D eigenvalue weighted by molar-refractivity contribution is -0.218. The van der Waals surface area contributed by atoms with Crippen molar-refractivity contribution >= 4 is 5.97 Å². The van der Waals surface area contributed by atoms with Gasteiger partial charge in [-0.2, -0.15) is 26.3 Å². The lowest BCUT2D eigenvalue weighted by Gasteiger charge is -2.16. The van der Waals surface area contributed by atoms with E-state index >= 15 is 0 Å². The molecule has 1 atom stereocenters. The van der Waals surface area contributed by atoms with Gasteiger partial charge in [0, 0.05) is 0 Å². The van der Waals surface area contributed by atoms with E-state index in [0.717, 1.165) is 0 Å². The van der Waals surface area contributed by atoms with Gasteiger partial charge in [0.05, 0.1) is 6.61 Å². The monoisotopic (exact) mass is 240 g/mol. The standard InChI is InChI=1S/C6H6F6O3/c7-5(8,9)2-15-1-3(4(13)14)6(10,11)12/h3H,1-2H2,(H,13,14). The minimum atomic E-state index is -5.13. The van der Waals surface area contributed by atoms with E-state index in [2.05, 4.69) is 4.74 Å². The summed E-state index contributed by atoms with van der Waals surface area (Å²) in [4.78, 5) is 10.0. The van der Waals surface area contributed by atoms with Gasteiger partial charge >= 0.3 is 18.3 Å². The average molecular weight is 240 g/mol. The van der Waals surface area contributed by atoms with Crippen LogP contribution >= 0.6 is 0 Å². The molecule has 0 fully saturated rings. The molecule has 0 aromatic heterocycles. The summed E-state index contributed by atoms with van der Waals surface area (Å²) in [7, 11) is 0. The highest BCUT2D eigenvalue weighted by Crippen LogP contribution is 2.27. The second kappa shape index (κ2) is 4.69. The van der Waals surface area contributed by atoms with E-state index in [1.165, 1.54) is 0 Å². The van der Waals surface area contributed by atoms with Gasteiger partial charge in [-0.3, -0.25) is 4.79 Å². The molecule has 3 nitrogen and oxygen atoms in total. The van der Waals surface area contributed by atoms with E-state index < -0.39 is 37.5 Å². The third kappa shape index (κ3) is 6.15. The van der Waals surface area contributed by atoms with Crippen LogP contribution in [0.15, 0.2) is 0 Å². The van der Waals surface area contributed by atoms with Gasteiger partial charge in [-0.05, 0) is 0 Å². The predicted octanol–water partition coefficient (Wildman–Crippen LogP) is 1.83. The number of rotatable bonds is 4. The SMILES string of the molecule is O=C(O)C(COCC(F)(F)F)C(F)(F)F. The van der Waals surface area contributed by atoms with Gasteiger partial charge < -0.3 is 9.84 Å². The van der Waals surface area contributed by atoms with E-state index in [9.17, 15) is 31.1 Å². The van der Waals surface area contributed by atoms with E-state index in [4.69, 9.17) is 5.11 Å². The maximum Gasteiger partial charge on any atom is 0.411 e. The Morgan fingerprint density at radius 2 is 1.67 bits per heavy atom. The Morgan fingerprint density at radius 1 is 1.20 bits per heavy atom. The van der Waals surface area contributed by atoms with Crippen LogP contribution in [0.3, 0.4) is 0 Å². The molecule has 0 aromatic rings. The summed E-state index contributed by atoms with van der Waals surface area (Å²) >= 11 is 0. The zero-order chi connectivity index (χ0) is 12.3. The van der Waals surface area contributed by atoms with Crippen LogP contribution in [-0.2, 0) is 9.53 Å². The van der Waals surface area contributed by atoms with Gasteiger partial charge in [-0.1, -0.05) is 0 Å². The molecule has 0 aliphatic heterocycles. The fraction of sp³-hybridized carbons (Fsp3) is 0.833. The molecule has 0 bridgehead atoms. The van der Waals surface area contributed by atoms with Gasteiger partial charge in [0.2, 0.25) is 0 Å². The normalized spacial score (nSPS) is 15.1. The summed E-state index contributed by atoms with van der Waals surface area (Å²) in [6, 6.07) is 0. The quantitative estimate of drug-likeness (QED) is 0.762. The lowest BCUT2D eigenvalue weighted by atomic mass is 10.1. The molecule has 0 aliphatic rings. The van der Waals surface area contributed by atoms with Gasteiger partial charge in [0.15, 0.2) is 5.92 Å². The second-order valence-electron chi connectivity index (χ2n) is 2.56. The minimum absolute atomic E-state index is 1.56. The van der Waals surface area contributed by atoms with Crippen LogP contribution in [0, 0.1) is 5.92 Å². The minimum Gasteiger partial charge on any atom is -0.481 e. The summed E-state index contributed by atoms with van der Waals surface area (Å²) in [6.45, 7) is -3.47. The zero-order valence-corrected chi connectivity index (χ0v) is 7.02. The first-order chi connectivity index (χ1) is 6.54. The Morgan fingerprint density at radius 3 is 1.93 bits per heavy atom. The molecule has 1 unspecified atom stereocenters. The molecule has 0 aromatic carbocycles. The highest BCUT2D eigenvalue weighted by molar-refractivity contribution is 5.71. The first-order valence-corrected chi connectivity index (χ1v) is 3.48. The number of carbonyl (C=O) groups is 1. The number of alkyl halides is 6. The molecule has 9 heteroatoms. The largest absolute Gasteiger partial charge is 0.481 e. The fourth-order valence-electron chi connectivity index (χ4n) is 0.598. The van der Waals surface area contributed by atoms with Crippen molar-refractivity contribution in [3.63, 3.8) is 0 Å². The molecule has 1 N–H and O–H groups in total. The van der Waals surface area contributed by atoms with Crippen molar-refractivity contribution in [2.45, 2.75) is 12.4 Å². The molecule has 0 aliphatic carbocycles. The number of ether oxygens (including phenoxy) is 1. The van der Waals surface area contributed by atoms with Crippen LogP contribution in [0.25, 0.3) is 0 Å². The van der Waals surface area contributed by atoms with E-state index in [1.807, 2.05) is 0 Å². The number of halogens is 6. The first kappa shape index (κ1) is 14.0. The second-order valence-corrected chi connectivity index (χ2v) is 2.56. The number of carboxylic acids is 1. The molecule has 0 rings (SSSR count). The van der Waals surface area contributed by atoms with Crippen LogP contribution in [0.1, 0.15) is 0 Å². The van der Waals surface area contributed by atoms with E-state index in [-0.39, 0.29) is 0 Å². The highest BCUT2D eigenvalue weighted by atomic mass is 19.4. The summed E-state index contributed by atoms with van der Waals surface area (Å²) in [5, 5.41) is 8.06. The number of aliphatic carboxylic acids is 1. The van der Waals surface area contributed by atoms with Crippen LogP contribution in [0.5, 0.6) is 0 Å². The van der Waals surface area contributed by atoms with Crippen LogP contribution in [0.4, 0.5) is 26.3 Å². The number of hydrogen-bond donors (Lipinski definition) is 1. The third-order valence-corrected chi connectivity index (χ3v) is 1.24. The van der Waals surface area contributed by atoms with Gasteiger partial charge in [0.1, 0.15) is 6.61 Å². The Hall–Kier alpha value is -0.990. The van der Waals surface area contributed by atoms with Crippen molar-refractivity contribution in [2.75, 3.05) is 13.2 Å². The molecule has 90 valence electrons. The van der Waals surface area contributed by atoms with E-state index in [0.29, 0.717) is 0 Å². The summed E-state index contributed by atoms with van der Waals surface area (Å²) in [5.74, 6) is -5.22. The van der Waals surface area contributed by atoms with Gasteiger partial charge in [-0.15, -0.1) is 0 Å². The van der Waals surface area contributed by atoms with Crippen molar-refractivity contribution < 1.29 is 41.0 Å². The van der Waals surface area contributed by atoms with Crippen LogP contribution in [0.2, 0.25) is 0 Å². The Bertz CT molecular complexity index is 220. The topological polar surface area (TPSA) is 46.5 Å². The lowest BCUT2D eigenvalue weighted by Crippen LogP contribution is -2.35. The highest BCUT2D eigenvalue weighted by Gasteiger charge is 2.45. The first-order valence-electron chi connectivity index (χ1n) is 3.48. The third-order valence-electron chi connectivity index (χ3n) is 1.24. The van der Waals surface area contributed by atoms with Gasteiger partial charge in [-0.25, -0.2) is 0 Å². The van der Waals surface area contributed by atoms with Crippen molar-refractivity contribution in [2.24, 2.45) is 5.92 Å². The molecular formula is C6H6F6O3. The Kier molecular flexibility index (Phi) is 4.38. The summed E-state index contributed by atoms with van der Waals surface area (Å²) < 4.78 is 73.5. The summed E-state index contributed by atoms with van der Waals surface area (Å²) in [6.07, 6.45) is -9.91. The average Bonchev–Trinajstić information content (AvgIpc) is 1.92. The zero-order valence-electron chi connectivity index (χ0n) is 7.02. The molecule has 0 heterocycles. The molecule has 0 saturated carbocycles. The van der Waals surface area contributed by atoms with Gasteiger partial charge in [0.25, 0.3) is 0 Å².